The number of halogens is 1. The molecule has 2 unspecified atom stereocenters. The van der Waals surface area contributed by atoms with Gasteiger partial charge in [-0.2, -0.15) is 0 Å². The number of rotatable bonds is 1. The molecule has 2 nitrogen and oxygen atoms in total. The topological polar surface area (TPSA) is 17.8 Å². The molecule has 0 saturated heterocycles. The van der Waals surface area contributed by atoms with Crippen LogP contribution in [-0.2, 0) is 7.05 Å². The Balaban J connectivity index is 2.19. The second-order valence-electron chi connectivity index (χ2n) is 4.16. The fraction of sp³-hybridized carbons (Fsp3) is 0.727. The van der Waals surface area contributed by atoms with E-state index in [1.54, 1.807) is 0 Å². The standard InChI is InChI=1S/C11H17BrN2/c1-14-8-7-13-11(14)9-5-3-2-4-6-10(9)12/h7-10H,2-6H2,1H3. The molecule has 0 aromatic carbocycles. The van der Waals surface area contributed by atoms with Crippen molar-refractivity contribution >= 4 is 15.9 Å². The van der Waals surface area contributed by atoms with Crippen LogP contribution in [0.15, 0.2) is 12.4 Å². The lowest BCUT2D eigenvalue weighted by molar-refractivity contribution is 0.559. The quantitative estimate of drug-likeness (QED) is 0.558. The van der Waals surface area contributed by atoms with Gasteiger partial charge >= 0.3 is 0 Å². The predicted octanol–water partition coefficient (Wildman–Crippen LogP) is 3.23. The Labute approximate surface area is 93.9 Å². The van der Waals surface area contributed by atoms with Gasteiger partial charge in [-0.15, -0.1) is 0 Å². The van der Waals surface area contributed by atoms with Crippen LogP contribution in [0.5, 0.6) is 0 Å². The summed E-state index contributed by atoms with van der Waals surface area (Å²) >= 11 is 3.81. The Morgan fingerprint density at radius 2 is 2.14 bits per heavy atom. The van der Waals surface area contributed by atoms with Gasteiger partial charge in [0.1, 0.15) is 5.82 Å². The number of nitrogens with zero attached hydrogens (tertiary/aromatic N) is 2. The van der Waals surface area contributed by atoms with Crippen LogP contribution in [0.3, 0.4) is 0 Å². The molecule has 1 heterocycles. The summed E-state index contributed by atoms with van der Waals surface area (Å²) in [6.07, 6.45) is 10.6. The Morgan fingerprint density at radius 3 is 2.86 bits per heavy atom. The van der Waals surface area contributed by atoms with E-state index in [4.69, 9.17) is 0 Å². The lowest BCUT2D eigenvalue weighted by atomic mass is 9.99. The van der Waals surface area contributed by atoms with E-state index in [2.05, 4.69) is 32.5 Å². The molecule has 3 heteroatoms. The number of hydrogen-bond donors (Lipinski definition) is 0. The van der Waals surface area contributed by atoms with Crippen molar-refractivity contribution in [1.29, 1.82) is 0 Å². The zero-order valence-corrected chi connectivity index (χ0v) is 10.2. The van der Waals surface area contributed by atoms with E-state index in [0.717, 1.165) is 0 Å². The Kier molecular flexibility index (Phi) is 3.26. The molecule has 0 bridgehead atoms. The van der Waals surface area contributed by atoms with Crippen LogP contribution in [0.2, 0.25) is 0 Å². The van der Waals surface area contributed by atoms with Gasteiger partial charge < -0.3 is 4.57 Å². The van der Waals surface area contributed by atoms with Crippen molar-refractivity contribution in [2.24, 2.45) is 7.05 Å². The van der Waals surface area contributed by atoms with Gasteiger partial charge in [-0.1, -0.05) is 35.2 Å². The minimum Gasteiger partial charge on any atom is -0.338 e. The maximum Gasteiger partial charge on any atom is 0.112 e. The molecule has 0 amide bonds. The van der Waals surface area contributed by atoms with Gasteiger partial charge in [-0.3, -0.25) is 0 Å². The maximum atomic E-state index is 4.46. The lowest BCUT2D eigenvalue weighted by Crippen LogP contribution is -2.15. The first-order valence-electron chi connectivity index (χ1n) is 5.40. The molecule has 1 aliphatic rings. The third-order valence-electron chi connectivity index (χ3n) is 3.12. The predicted molar refractivity (Wildman–Crippen MR) is 61.7 cm³/mol. The number of hydrogen-bond acceptors (Lipinski definition) is 1. The number of alkyl halides is 1. The third-order valence-corrected chi connectivity index (χ3v) is 4.22. The van der Waals surface area contributed by atoms with Crippen LogP contribution in [-0.4, -0.2) is 14.4 Å². The monoisotopic (exact) mass is 256 g/mol. The molecule has 0 spiro atoms. The minimum absolute atomic E-state index is 0.609. The summed E-state index contributed by atoms with van der Waals surface area (Å²) in [5, 5.41) is 0. The highest BCUT2D eigenvalue weighted by atomic mass is 79.9. The average molecular weight is 257 g/mol. The van der Waals surface area contributed by atoms with Gasteiger partial charge in [0.2, 0.25) is 0 Å². The van der Waals surface area contributed by atoms with Crippen LogP contribution >= 0.6 is 15.9 Å². The van der Waals surface area contributed by atoms with Crippen molar-refractivity contribution in [3.63, 3.8) is 0 Å². The zero-order chi connectivity index (χ0) is 9.97. The van der Waals surface area contributed by atoms with Gasteiger partial charge in [0.05, 0.1) is 0 Å². The van der Waals surface area contributed by atoms with E-state index in [1.807, 2.05) is 12.4 Å². The van der Waals surface area contributed by atoms with Gasteiger partial charge in [0, 0.05) is 30.2 Å². The molecule has 1 aliphatic carbocycles. The fourth-order valence-corrected chi connectivity index (χ4v) is 3.11. The van der Waals surface area contributed by atoms with Crippen LogP contribution in [0.4, 0.5) is 0 Å². The Bertz CT molecular complexity index is 295. The molecular weight excluding hydrogens is 240 g/mol. The summed E-state index contributed by atoms with van der Waals surface area (Å²) in [4.78, 5) is 5.08. The van der Waals surface area contributed by atoms with Crippen molar-refractivity contribution in [3.8, 4) is 0 Å². The zero-order valence-electron chi connectivity index (χ0n) is 8.62. The van der Waals surface area contributed by atoms with Crippen molar-refractivity contribution in [3.05, 3.63) is 18.2 Å². The number of imidazole rings is 1. The molecule has 0 radical (unpaired) electrons. The first-order valence-corrected chi connectivity index (χ1v) is 6.32. The van der Waals surface area contributed by atoms with E-state index in [-0.39, 0.29) is 0 Å². The number of aromatic nitrogens is 2. The summed E-state index contributed by atoms with van der Waals surface area (Å²) in [5.41, 5.74) is 0. The summed E-state index contributed by atoms with van der Waals surface area (Å²) in [5.74, 6) is 1.85. The van der Waals surface area contributed by atoms with E-state index < -0.39 is 0 Å². The summed E-state index contributed by atoms with van der Waals surface area (Å²) in [7, 11) is 2.09. The molecule has 78 valence electrons. The van der Waals surface area contributed by atoms with E-state index in [1.165, 1.54) is 37.9 Å². The Morgan fingerprint density at radius 1 is 1.36 bits per heavy atom. The van der Waals surface area contributed by atoms with Crippen LogP contribution in [0, 0.1) is 0 Å². The highest BCUT2D eigenvalue weighted by Crippen LogP contribution is 2.35. The lowest BCUT2D eigenvalue weighted by Gasteiger charge is -2.19. The highest BCUT2D eigenvalue weighted by molar-refractivity contribution is 9.09. The van der Waals surface area contributed by atoms with Crippen molar-refractivity contribution < 1.29 is 0 Å². The SMILES string of the molecule is Cn1ccnc1C1CCCCCC1Br. The number of aryl methyl sites for hydroxylation is 1. The van der Waals surface area contributed by atoms with E-state index in [9.17, 15) is 0 Å². The molecule has 2 rings (SSSR count). The first-order chi connectivity index (χ1) is 6.79. The second-order valence-corrected chi connectivity index (χ2v) is 5.33. The van der Waals surface area contributed by atoms with Crippen molar-refractivity contribution in [2.75, 3.05) is 0 Å². The largest absolute Gasteiger partial charge is 0.338 e. The normalized spacial score (nSPS) is 28.7. The van der Waals surface area contributed by atoms with Crippen molar-refractivity contribution in [2.45, 2.75) is 42.8 Å². The second kappa shape index (κ2) is 4.47. The minimum atomic E-state index is 0.609. The maximum absolute atomic E-state index is 4.46. The molecular formula is C11H17BrN2. The molecule has 1 aromatic rings. The molecule has 1 aromatic heterocycles. The fourth-order valence-electron chi connectivity index (χ4n) is 2.29. The molecule has 14 heavy (non-hydrogen) atoms. The Hall–Kier alpha value is -0.310. The smallest absolute Gasteiger partial charge is 0.112 e. The van der Waals surface area contributed by atoms with E-state index in [0.29, 0.717) is 10.7 Å². The highest BCUT2D eigenvalue weighted by Gasteiger charge is 2.25. The third kappa shape index (κ3) is 2.02. The molecule has 2 atom stereocenters. The van der Waals surface area contributed by atoms with E-state index >= 15 is 0 Å². The van der Waals surface area contributed by atoms with Gasteiger partial charge in [0.15, 0.2) is 0 Å². The van der Waals surface area contributed by atoms with Crippen LogP contribution < -0.4 is 0 Å². The van der Waals surface area contributed by atoms with Crippen LogP contribution in [0.1, 0.15) is 43.8 Å². The molecule has 0 N–H and O–H groups in total. The molecule has 1 fully saturated rings. The average Bonchev–Trinajstić information content (AvgIpc) is 2.46. The van der Waals surface area contributed by atoms with Gasteiger partial charge in [-0.25, -0.2) is 4.98 Å². The van der Waals surface area contributed by atoms with Crippen molar-refractivity contribution in [1.82, 2.24) is 9.55 Å². The van der Waals surface area contributed by atoms with Gasteiger partial charge in [0.25, 0.3) is 0 Å². The summed E-state index contributed by atoms with van der Waals surface area (Å²) in [6.45, 7) is 0. The summed E-state index contributed by atoms with van der Waals surface area (Å²) in [6, 6.07) is 0. The molecule has 1 saturated carbocycles. The van der Waals surface area contributed by atoms with Gasteiger partial charge in [-0.05, 0) is 12.8 Å². The van der Waals surface area contributed by atoms with Crippen LogP contribution in [0.25, 0.3) is 0 Å². The first kappa shape index (κ1) is 10.2. The molecule has 0 aliphatic heterocycles. The summed E-state index contributed by atoms with van der Waals surface area (Å²) < 4.78 is 2.16.